The molecule has 8 heteroatoms. The van der Waals surface area contributed by atoms with Crippen molar-refractivity contribution in [3.05, 3.63) is 53.4 Å². The molecule has 0 saturated carbocycles. The van der Waals surface area contributed by atoms with Crippen LogP contribution in [0.2, 0.25) is 0 Å². The fourth-order valence-corrected chi connectivity index (χ4v) is 3.31. The molecule has 2 aromatic heterocycles. The van der Waals surface area contributed by atoms with Gasteiger partial charge in [0, 0.05) is 19.6 Å². The number of hydrogen-bond acceptors (Lipinski definition) is 8. The van der Waals surface area contributed by atoms with Gasteiger partial charge in [-0.2, -0.15) is 10.2 Å². The molecule has 0 unspecified atom stereocenters. The van der Waals surface area contributed by atoms with Crippen molar-refractivity contribution in [3.63, 3.8) is 0 Å². The Morgan fingerprint density at radius 1 is 1.13 bits per heavy atom. The predicted molar refractivity (Wildman–Crippen MR) is 115 cm³/mol. The number of aromatic nitrogens is 1. The van der Waals surface area contributed by atoms with E-state index in [2.05, 4.69) is 21.3 Å². The molecule has 0 amide bonds. The molecule has 1 saturated heterocycles. The number of nitriles is 1. The largest absolute Gasteiger partial charge is 0.486 e. The Labute approximate surface area is 181 Å². The lowest BCUT2D eigenvalue weighted by Crippen LogP contribution is -2.37. The lowest BCUT2D eigenvalue weighted by Gasteiger charge is -2.26. The average molecular weight is 422 g/mol. The Morgan fingerprint density at radius 3 is 2.71 bits per heavy atom. The molecular formula is C23H26N4O4. The van der Waals surface area contributed by atoms with Crippen LogP contribution >= 0.6 is 0 Å². The number of rotatable bonds is 9. The van der Waals surface area contributed by atoms with E-state index < -0.39 is 0 Å². The van der Waals surface area contributed by atoms with Crippen molar-refractivity contribution >= 4 is 5.88 Å². The van der Waals surface area contributed by atoms with Crippen LogP contribution in [0, 0.1) is 18.3 Å². The highest BCUT2D eigenvalue weighted by Gasteiger charge is 2.17. The van der Waals surface area contributed by atoms with E-state index in [9.17, 15) is 5.26 Å². The molecule has 3 heterocycles. The minimum Gasteiger partial charge on any atom is -0.486 e. The van der Waals surface area contributed by atoms with Crippen LogP contribution in [0.25, 0.3) is 11.7 Å². The van der Waals surface area contributed by atoms with Crippen molar-refractivity contribution in [2.45, 2.75) is 20.0 Å². The second kappa shape index (κ2) is 10.2. The number of hydrogen-bond donors (Lipinski definition) is 1. The summed E-state index contributed by atoms with van der Waals surface area (Å²) in [5, 5.41) is 12.6. The third kappa shape index (κ3) is 5.66. The second-order valence-corrected chi connectivity index (χ2v) is 7.41. The minimum absolute atomic E-state index is 0.218. The van der Waals surface area contributed by atoms with Gasteiger partial charge in [0.2, 0.25) is 11.6 Å². The third-order valence-electron chi connectivity index (χ3n) is 5.05. The quantitative estimate of drug-likeness (QED) is 0.520. The summed E-state index contributed by atoms with van der Waals surface area (Å²) >= 11 is 0. The van der Waals surface area contributed by atoms with Crippen molar-refractivity contribution < 1.29 is 18.3 Å². The molecule has 1 aliphatic rings. The van der Waals surface area contributed by atoms with Gasteiger partial charge in [0.05, 0.1) is 13.2 Å². The first-order chi connectivity index (χ1) is 15.2. The Hall–Kier alpha value is -3.28. The Kier molecular flexibility index (Phi) is 6.87. The summed E-state index contributed by atoms with van der Waals surface area (Å²) in [7, 11) is 0. The van der Waals surface area contributed by atoms with Crippen LogP contribution in [-0.4, -0.2) is 49.3 Å². The summed E-state index contributed by atoms with van der Waals surface area (Å²) in [4.78, 5) is 6.62. The topological polar surface area (TPSA) is 96.7 Å². The van der Waals surface area contributed by atoms with Gasteiger partial charge in [-0.1, -0.05) is 17.7 Å². The Balaban J connectivity index is 1.31. The van der Waals surface area contributed by atoms with Crippen LogP contribution < -0.4 is 10.1 Å². The van der Waals surface area contributed by atoms with Gasteiger partial charge in [0.25, 0.3) is 5.89 Å². The van der Waals surface area contributed by atoms with Crippen molar-refractivity contribution in [2.75, 3.05) is 44.7 Å². The first-order valence-corrected chi connectivity index (χ1v) is 10.4. The maximum absolute atomic E-state index is 9.39. The monoisotopic (exact) mass is 422 g/mol. The van der Waals surface area contributed by atoms with E-state index in [1.54, 1.807) is 6.07 Å². The van der Waals surface area contributed by atoms with Gasteiger partial charge in [-0.15, -0.1) is 0 Å². The number of nitrogens with one attached hydrogen (secondary N) is 1. The van der Waals surface area contributed by atoms with Crippen molar-refractivity contribution in [2.24, 2.45) is 0 Å². The normalized spacial score (nSPS) is 14.3. The third-order valence-corrected chi connectivity index (χ3v) is 5.05. The molecule has 0 atom stereocenters. The van der Waals surface area contributed by atoms with Gasteiger partial charge < -0.3 is 23.6 Å². The average Bonchev–Trinajstić information content (AvgIpc) is 3.44. The molecule has 0 spiro atoms. The first kappa shape index (κ1) is 21.0. The molecule has 0 bridgehead atoms. The standard InChI is InChI=1S/C23H26N4O4/c1-17-3-5-18(6-4-17)29-16-19-7-8-21(30-19)23-26-20(15-24)22(31-23)25-9-2-10-27-11-13-28-14-12-27/h3-8,25H,2,9-14,16H2,1H3. The highest BCUT2D eigenvalue weighted by molar-refractivity contribution is 5.54. The molecule has 3 aromatic rings. The van der Waals surface area contributed by atoms with Gasteiger partial charge in [-0.3, -0.25) is 4.90 Å². The van der Waals surface area contributed by atoms with Crippen LogP contribution in [0.1, 0.15) is 23.4 Å². The zero-order chi connectivity index (χ0) is 21.5. The lowest BCUT2D eigenvalue weighted by molar-refractivity contribution is 0.0378. The molecule has 0 aliphatic carbocycles. The van der Waals surface area contributed by atoms with E-state index in [4.69, 9.17) is 18.3 Å². The molecule has 0 radical (unpaired) electrons. The molecule has 1 aromatic carbocycles. The summed E-state index contributed by atoms with van der Waals surface area (Å²) in [6.45, 7) is 7.49. The second-order valence-electron chi connectivity index (χ2n) is 7.41. The summed E-state index contributed by atoms with van der Waals surface area (Å²) < 4.78 is 22.7. The van der Waals surface area contributed by atoms with E-state index in [1.807, 2.05) is 37.3 Å². The Morgan fingerprint density at radius 2 is 1.94 bits per heavy atom. The summed E-state index contributed by atoms with van der Waals surface area (Å²) in [6.07, 6.45) is 0.933. The van der Waals surface area contributed by atoms with Gasteiger partial charge >= 0.3 is 0 Å². The van der Waals surface area contributed by atoms with Crippen LogP contribution in [-0.2, 0) is 11.3 Å². The van der Waals surface area contributed by atoms with Gasteiger partial charge in [-0.05, 0) is 44.2 Å². The van der Waals surface area contributed by atoms with E-state index in [-0.39, 0.29) is 11.6 Å². The number of aryl methyl sites for hydroxylation is 1. The SMILES string of the molecule is Cc1ccc(OCc2ccc(-c3nc(C#N)c(NCCCN4CCOCC4)o3)o2)cc1. The fraction of sp³-hybridized carbons (Fsp3) is 0.391. The minimum atomic E-state index is 0.218. The van der Waals surface area contributed by atoms with Crippen LogP contribution in [0.5, 0.6) is 5.75 Å². The van der Waals surface area contributed by atoms with E-state index in [1.165, 1.54) is 5.56 Å². The van der Waals surface area contributed by atoms with Crippen LogP contribution in [0.15, 0.2) is 45.2 Å². The van der Waals surface area contributed by atoms with E-state index in [0.29, 0.717) is 30.6 Å². The van der Waals surface area contributed by atoms with Gasteiger partial charge in [0.15, 0.2) is 5.76 Å². The number of nitrogens with zero attached hydrogens (tertiary/aromatic N) is 3. The van der Waals surface area contributed by atoms with Gasteiger partial charge in [-0.25, -0.2) is 0 Å². The molecule has 31 heavy (non-hydrogen) atoms. The van der Waals surface area contributed by atoms with E-state index in [0.717, 1.165) is 45.0 Å². The summed E-state index contributed by atoms with van der Waals surface area (Å²) in [6, 6.07) is 13.5. The molecule has 1 N–H and O–H groups in total. The molecule has 162 valence electrons. The smallest absolute Gasteiger partial charge is 0.266 e. The maximum Gasteiger partial charge on any atom is 0.266 e. The number of benzene rings is 1. The molecule has 4 rings (SSSR count). The number of morpholine rings is 1. The van der Waals surface area contributed by atoms with Crippen molar-refractivity contribution in [1.29, 1.82) is 5.26 Å². The highest BCUT2D eigenvalue weighted by atomic mass is 16.5. The molecule has 1 aliphatic heterocycles. The number of furan rings is 1. The van der Waals surface area contributed by atoms with Crippen molar-refractivity contribution in [3.8, 4) is 23.5 Å². The van der Waals surface area contributed by atoms with Crippen molar-refractivity contribution in [1.82, 2.24) is 9.88 Å². The highest BCUT2D eigenvalue weighted by Crippen LogP contribution is 2.27. The van der Waals surface area contributed by atoms with E-state index >= 15 is 0 Å². The summed E-state index contributed by atoms with van der Waals surface area (Å²) in [5.74, 6) is 2.52. The molecular weight excluding hydrogens is 396 g/mol. The number of ether oxygens (including phenoxy) is 2. The number of anilines is 1. The zero-order valence-electron chi connectivity index (χ0n) is 17.6. The maximum atomic E-state index is 9.39. The summed E-state index contributed by atoms with van der Waals surface area (Å²) in [5.41, 5.74) is 1.39. The Bertz CT molecular complexity index is 1010. The predicted octanol–water partition coefficient (Wildman–Crippen LogP) is 3.83. The van der Waals surface area contributed by atoms with Gasteiger partial charge in [0.1, 0.15) is 24.2 Å². The lowest BCUT2D eigenvalue weighted by atomic mass is 10.2. The molecule has 1 fully saturated rings. The molecule has 8 nitrogen and oxygen atoms in total. The first-order valence-electron chi connectivity index (χ1n) is 10.4. The number of oxazole rings is 1. The fourth-order valence-electron chi connectivity index (χ4n) is 3.31. The van der Waals surface area contributed by atoms with Crippen LogP contribution in [0.4, 0.5) is 5.88 Å². The van der Waals surface area contributed by atoms with Crippen LogP contribution in [0.3, 0.4) is 0 Å². The zero-order valence-corrected chi connectivity index (χ0v) is 17.6.